The van der Waals surface area contributed by atoms with E-state index in [0.717, 1.165) is 29.8 Å². The summed E-state index contributed by atoms with van der Waals surface area (Å²) in [6, 6.07) is 8.20. The lowest BCUT2D eigenvalue weighted by atomic mass is 10.1. The smallest absolute Gasteiger partial charge is 0.332 e. The number of aromatic nitrogens is 2. The lowest BCUT2D eigenvalue weighted by Gasteiger charge is -2.30. The van der Waals surface area contributed by atoms with E-state index in [2.05, 4.69) is 20.9 Å². The van der Waals surface area contributed by atoms with Crippen LogP contribution in [0.4, 0.5) is 8.28 Å². The summed E-state index contributed by atoms with van der Waals surface area (Å²) in [5.41, 5.74) is 1.93. The monoisotopic (exact) mass is 614 g/mol. The van der Waals surface area contributed by atoms with Crippen LogP contribution < -0.4 is 16.0 Å². The Bertz CT molecular complexity index is 1590. The van der Waals surface area contributed by atoms with Crippen molar-refractivity contribution in [3.05, 3.63) is 89.3 Å². The first kappa shape index (κ1) is 31.6. The van der Waals surface area contributed by atoms with E-state index < -0.39 is 51.0 Å². The number of carbonyl (C=O) groups is 3. The maximum absolute atomic E-state index is 13.8. The number of rotatable bonds is 11. The van der Waals surface area contributed by atoms with Crippen molar-refractivity contribution in [3.63, 3.8) is 0 Å². The van der Waals surface area contributed by atoms with Gasteiger partial charge >= 0.3 is 10.2 Å². The van der Waals surface area contributed by atoms with E-state index in [1.165, 1.54) is 12.1 Å². The molecule has 1 aliphatic heterocycles. The molecule has 4 rings (SSSR count). The Morgan fingerprint density at radius 3 is 2.53 bits per heavy atom. The minimum atomic E-state index is -4.92. The van der Waals surface area contributed by atoms with Crippen LogP contribution >= 0.6 is 0 Å². The van der Waals surface area contributed by atoms with Gasteiger partial charge in [-0.25, -0.2) is 4.39 Å². The molecule has 43 heavy (non-hydrogen) atoms. The molecule has 2 heterocycles. The number of carbonyl (C=O) groups excluding carboxylic acids is 3. The van der Waals surface area contributed by atoms with E-state index in [-0.39, 0.29) is 17.9 Å². The van der Waals surface area contributed by atoms with Crippen molar-refractivity contribution >= 4 is 27.9 Å². The van der Waals surface area contributed by atoms with E-state index in [1.807, 2.05) is 0 Å². The molecule has 0 spiro atoms. The molecular weight excluding hydrogens is 582 g/mol. The molecule has 11 nitrogen and oxygen atoms in total. The van der Waals surface area contributed by atoms with Gasteiger partial charge in [0, 0.05) is 31.3 Å². The molecule has 3 aromatic rings. The van der Waals surface area contributed by atoms with E-state index in [1.54, 1.807) is 43.4 Å². The predicted molar refractivity (Wildman–Crippen MR) is 152 cm³/mol. The van der Waals surface area contributed by atoms with Gasteiger partial charge in [0.2, 0.25) is 11.8 Å². The van der Waals surface area contributed by atoms with Gasteiger partial charge in [0.05, 0.1) is 34.6 Å². The third-order valence-corrected chi connectivity index (χ3v) is 8.00. The summed E-state index contributed by atoms with van der Waals surface area (Å²) in [5.74, 6) is -1.90. The molecule has 0 radical (unpaired) electrons. The third-order valence-electron chi connectivity index (χ3n) is 7.16. The first-order valence-corrected chi connectivity index (χ1v) is 15.0. The lowest BCUT2D eigenvalue weighted by Crippen LogP contribution is -2.56. The first-order valence-electron chi connectivity index (χ1n) is 13.6. The minimum Gasteiger partial charge on any atom is -0.349 e. The number of amides is 3. The van der Waals surface area contributed by atoms with E-state index >= 15 is 0 Å². The molecule has 1 aliphatic rings. The molecule has 228 valence electrons. The Kier molecular flexibility index (Phi) is 10.1. The van der Waals surface area contributed by atoms with Gasteiger partial charge in [-0.1, -0.05) is 12.1 Å². The van der Waals surface area contributed by atoms with Crippen LogP contribution in [0, 0.1) is 5.82 Å². The number of nitrogens with one attached hydrogen (secondary N) is 3. The fraction of sp³-hybridized carbons (Fsp3) is 0.345. The quantitative estimate of drug-likeness (QED) is 0.278. The highest BCUT2D eigenvalue weighted by atomic mass is 32.3. The molecule has 1 fully saturated rings. The summed E-state index contributed by atoms with van der Waals surface area (Å²) in [6.45, 7) is 1.74. The summed E-state index contributed by atoms with van der Waals surface area (Å²) in [7, 11) is -3.33. The second-order valence-electron chi connectivity index (χ2n) is 10.2. The molecule has 3 N–H and O–H groups in total. The van der Waals surface area contributed by atoms with Gasteiger partial charge in [-0.3, -0.25) is 24.4 Å². The van der Waals surface area contributed by atoms with Gasteiger partial charge < -0.3 is 20.9 Å². The minimum absolute atomic E-state index is 0.0398. The van der Waals surface area contributed by atoms with Gasteiger partial charge in [0.1, 0.15) is 11.9 Å². The zero-order valence-electron chi connectivity index (χ0n) is 23.6. The molecule has 0 bridgehead atoms. The van der Waals surface area contributed by atoms with Crippen molar-refractivity contribution in [2.45, 2.75) is 49.2 Å². The maximum atomic E-state index is 13.8. The average Bonchev–Trinajstić information content (AvgIpc) is 3.48. The molecule has 0 aliphatic carbocycles. The SMILES string of the molecule is CN[C@@H](C)C(=O)N[C@@H](CNC(=O)c1ccc(S(=O)(=O)F)cc1)C(=O)N1CCC[C@H]1c1cncc(Cc2cccc(F)c2)n1. The van der Waals surface area contributed by atoms with E-state index in [9.17, 15) is 31.1 Å². The fourth-order valence-electron chi connectivity index (χ4n) is 4.76. The molecule has 14 heteroatoms. The maximum Gasteiger partial charge on any atom is 0.332 e. The van der Waals surface area contributed by atoms with Crippen molar-refractivity contribution in [2.24, 2.45) is 0 Å². The summed E-state index contributed by atoms with van der Waals surface area (Å²) in [6.07, 6.45) is 4.79. The second kappa shape index (κ2) is 13.8. The number of likely N-dealkylation sites (tertiary alicyclic amines) is 1. The Labute approximate surface area is 248 Å². The molecular formula is C29H32F2N6O5S. The highest BCUT2D eigenvalue weighted by Crippen LogP contribution is 2.31. The van der Waals surface area contributed by atoms with Gasteiger partial charge in [-0.15, -0.1) is 3.89 Å². The van der Waals surface area contributed by atoms with Crippen LogP contribution in [0.1, 0.15) is 53.1 Å². The first-order chi connectivity index (χ1) is 20.5. The Hall–Kier alpha value is -4.30. The van der Waals surface area contributed by atoms with Crippen LogP contribution in [0.3, 0.4) is 0 Å². The zero-order valence-corrected chi connectivity index (χ0v) is 24.4. The Morgan fingerprint density at radius 1 is 1.12 bits per heavy atom. The molecule has 3 atom stereocenters. The molecule has 1 aromatic heterocycles. The number of likely N-dealkylation sites (N-methyl/N-ethyl adjacent to an activating group) is 1. The van der Waals surface area contributed by atoms with Crippen LogP contribution in [-0.4, -0.2) is 73.2 Å². The van der Waals surface area contributed by atoms with Crippen molar-refractivity contribution in [3.8, 4) is 0 Å². The van der Waals surface area contributed by atoms with Crippen LogP contribution in [-0.2, 0) is 26.2 Å². The van der Waals surface area contributed by atoms with Crippen molar-refractivity contribution in [1.82, 2.24) is 30.8 Å². The van der Waals surface area contributed by atoms with Gasteiger partial charge in [0.25, 0.3) is 5.91 Å². The zero-order chi connectivity index (χ0) is 31.1. The van der Waals surface area contributed by atoms with Crippen molar-refractivity contribution in [1.29, 1.82) is 0 Å². The lowest BCUT2D eigenvalue weighted by molar-refractivity contribution is -0.137. The molecule has 3 amide bonds. The standard InChI is InChI=1S/C29H32F2N6O5S/c1-18(32-2)27(38)36-25(17-34-28(39)20-8-10-23(11-9-20)43(31,41)42)29(40)37-12-4-7-26(37)24-16-33-15-22(35-24)14-19-5-3-6-21(30)13-19/h3,5-6,8-11,13,15-16,18,25-26,32H,4,7,12,14,17H2,1-2H3,(H,34,39)(H,36,38)/t18-,25-,26-/m0/s1. The summed E-state index contributed by atoms with van der Waals surface area (Å²) < 4.78 is 49.0. The third kappa shape index (κ3) is 8.17. The van der Waals surface area contributed by atoms with Crippen LogP contribution in [0.5, 0.6) is 0 Å². The highest BCUT2D eigenvalue weighted by Gasteiger charge is 2.36. The van der Waals surface area contributed by atoms with Gasteiger partial charge in [-0.05, 0) is 68.8 Å². The number of halogens is 2. The number of hydrogen-bond donors (Lipinski definition) is 3. The molecule has 0 saturated carbocycles. The van der Waals surface area contributed by atoms with Crippen LogP contribution in [0.25, 0.3) is 0 Å². The summed E-state index contributed by atoms with van der Waals surface area (Å²) in [4.78, 5) is 49.4. The normalized spacial score (nSPS) is 16.4. The predicted octanol–water partition coefficient (Wildman–Crippen LogP) is 2.05. The molecule has 2 aromatic carbocycles. The van der Waals surface area contributed by atoms with E-state index in [0.29, 0.717) is 37.2 Å². The number of hydrogen-bond acceptors (Lipinski definition) is 8. The topological polar surface area (TPSA) is 150 Å². The number of nitrogens with zero attached hydrogens (tertiary/aromatic N) is 3. The Morgan fingerprint density at radius 2 is 1.86 bits per heavy atom. The van der Waals surface area contributed by atoms with E-state index in [4.69, 9.17) is 4.98 Å². The van der Waals surface area contributed by atoms with Crippen LogP contribution in [0.2, 0.25) is 0 Å². The second-order valence-corrected chi connectivity index (χ2v) is 11.5. The summed E-state index contributed by atoms with van der Waals surface area (Å²) in [5, 5.41) is 8.10. The largest absolute Gasteiger partial charge is 0.349 e. The fourth-order valence-corrected chi connectivity index (χ4v) is 5.22. The van der Waals surface area contributed by atoms with Crippen LogP contribution in [0.15, 0.2) is 65.8 Å². The van der Waals surface area contributed by atoms with Gasteiger partial charge in [-0.2, -0.15) is 8.42 Å². The molecule has 0 unspecified atom stereocenters. The number of benzene rings is 2. The molecule has 1 saturated heterocycles. The highest BCUT2D eigenvalue weighted by molar-refractivity contribution is 7.86. The Balaban J connectivity index is 1.51. The average molecular weight is 615 g/mol. The van der Waals surface area contributed by atoms with Gasteiger partial charge in [0.15, 0.2) is 0 Å². The van der Waals surface area contributed by atoms with Crippen molar-refractivity contribution < 1.29 is 31.1 Å². The summed E-state index contributed by atoms with van der Waals surface area (Å²) >= 11 is 0. The van der Waals surface area contributed by atoms with Crippen molar-refractivity contribution in [2.75, 3.05) is 20.1 Å².